The van der Waals surface area contributed by atoms with E-state index in [1.165, 1.54) is 12.5 Å². The molecule has 0 saturated heterocycles. The van der Waals surface area contributed by atoms with Gasteiger partial charge in [-0.15, -0.1) is 0 Å². The third kappa shape index (κ3) is 3.64. The van der Waals surface area contributed by atoms with Crippen molar-refractivity contribution < 1.29 is 17.2 Å². The Balaban J connectivity index is 2.15. The molecule has 0 saturated carbocycles. The maximum atomic E-state index is 13.4. The van der Waals surface area contributed by atoms with E-state index in [2.05, 4.69) is 9.71 Å². The summed E-state index contributed by atoms with van der Waals surface area (Å²) in [5.74, 6) is -1.30. The van der Waals surface area contributed by atoms with E-state index in [0.717, 1.165) is 18.2 Å². The summed E-state index contributed by atoms with van der Waals surface area (Å²) in [6.45, 7) is 3.42. The Morgan fingerprint density at radius 3 is 2.67 bits per heavy atom. The van der Waals surface area contributed by atoms with Crippen molar-refractivity contribution in [3.8, 4) is 0 Å². The van der Waals surface area contributed by atoms with Crippen LogP contribution in [0, 0.1) is 11.6 Å². The molecular weight excluding hydrogens is 300 g/mol. The molecule has 0 spiro atoms. The average Bonchev–Trinajstić information content (AvgIpc) is 2.90. The Hall–Kier alpha value is -1.80. The molecule has 5 nitrogen and oxygen atoms in total. The van der Waals surface area contributed by atoms with Crippen LogP contribution in [0.15, 0.2) is 35.7 Å². The summed E-state index contributed by atoms with van der Waals surface area (Å²) in [6, 6.07) is 2.94. The Morgan fingerprint density at radius 1 is 1.33 bits per heavy atom. The maximum absolute atomic E-state index is 13.4. The topological polar surface area (TPSA) is 64.0 Å². The Bertz CT molecular complexity index is 742. The van der Waals surface area contributed by atoms with E-state index in [4.69, 9.17) is 0 Å². The van der Waals surface area contributed by atoms with Crippen LogP contribution in [-0.4, -0.2) is 18.0 Å². The maximum Gasteiger partial charge on any atom is 0.259 e. The zero-order chi connectivity index (χ0) is 15.6. The van der Waals surface area contributed by atoms with Crippen LogP contribution >= 0.6 is 0 Å². The van der Waals surface area contributed by atoms with E-state index in [-0.39, 0.29) is 23.2 Å². The Labute approximate surface area is 121 Å². The van der Waals surface area contributed by atoms with Crippen molar-refractivity contribution in [3.63, 3.8) is 0 Å². The largest absolute Gasteiger partial charge is 0.334 e. The first-order chi connectivity index (χ1) is 9.79. The van der Waals surface area contributed by atoms with E-state index in [0.29, 0.717) is 0 Å². The van der Waals surface area contributed by atoms with E-state index < -0.39 is 21.7 Å². The van der Waals surface area contributed by atoms with Crippen LogP contribution in [0.1, 0.15) is 25.5 Å². The van der Waals surface area contributed by atoms with Gasteiger partial charge in [-0.3, -0.25) is 0 Å². The lowest BCUT2D eigenvalue weighted by Gasteiger charge is -2.06. The predicted octanol–water partition coefficient (Wildman–Crippen LogP) is 2.22. The lowest BCUT2D eigenvalue weighted by Crippen LogP contribution is -2.24. The van der Waals surface area contributed by atoms with E-state index in [9.17, 15) is 17.2 Å². The van der Waals surface area contributed by atoms with Crippen LogP contribution < -0.4 is 4.72 Å². The second-order valence-corrected chi connectivity index (χ2v) is 6.53. The summed E-state index contributed by atoms with van der Waals surface area (Å²) in [5.41, 5.74) is -0.0677. The van der Waals surface area contributed by atoms with Crippen molar-refractivity contribution in [2.75, 3.05) is 0 Å². The standard InChI is InChI=1S/C13H15F2N3O2S/c1-9(2)18-7-13(16-8-18)21(19,20)17-6-10-5-11(14)3-4-12(10)15/h3-5,7-9,17H,6H2,1-2H3. The lowest BCUT2D eigenvalue weighted by molar-refractivity contribution is 0.564. The molecule has 0 aliphatic heterocycles. The third-order valence-corrected chi connectivity index (χ3v) is 4.20. The van der Waals surface area contributed by atoms with Crippen molar-refractivity contribution in [1.29, 1.82) is 0 Å². The molecule has 0 aliphatic rings. The number of aromatic nitrogens is 2. The zero-order valence-corrected chi connectivity index (χ0v) is 12.4. The molecule has 0 amide bonds. The quantitative estimate of drug-likeness (QED) is 0.920. The van der Waals surface area contributed by atoms with Gasteiger partial charge in [0.15, 0.2) is 5.03 Å². The van der Waals surface area contributed by atoms with Crippen molar-refractivity contribution in [3.05, 3.63) is 47.9 Å². The minimum atomic E-state index is -3.87. The molecule has 0 atom stereocenters. The summed E-state index contributed by atoms with van der Waals surface area (Å²) < 4.78 is 54.4. The fraction of sp³-hybridized carbons (Fsp3) is 0.308. The number of halogens is 2. The van der Waals surface area contributed by atoms with Gasteiger partial charge in [0.25, 0.3) is 10.0 Å². The van der Waals surface area contributed by atoms with Gasteiger partial charge < -0.3 is 4.57 Å². The Morgan fingerprint density at radius 2 is 2.05 bits per heavy atom. The monoisotopic (exact) mass is 315 g/mol. The highest BCUT2D eigenvalue weighted by atomic mass is 32.2. The molecule has 0 fully saturated rings. The second-order valence-electron chi connectivity index (χ2n) is 4.81. The van der Waals surface area contributed by atoms with Gasteiger partial charge in [-0.25, -0.2) is 26.9 Å². The molecule has 0 aliphatic carbocycles. The third-order valence-electron chi connectivity index (χ3n) is 2.91. The molecule has 114 valence electrons. The van der Waals surface area contributed by atoms with Gasteiger partial charge in [-0.05, 0) is 32.0 Å². The van der Waals surface area contributed by atoms with Gasteiger partial charge in [0.05, 0.1) is 6.33 Å². The Kier molecular flexibility index (Phi) is 4.38. The summed E-state index contributed by atoms with van der Waals surface area (Å²) in [6.07, 6.45) is 2.79. The molecular formula is C13H15F2N3O2S. The van der Waals surface area contributed by atoms with Crippen LogP contribution in [0.25, 0.3) is 0 Å². The van der Waals surface area contributed by atoms with Gasteiger partial charge in [0.2, 0.25) is 0 Å². The average molecular weight is 315 g/mol. The summed E-state index contributed by atoms with van der Waals surface area (Å²) in [7, 11) is -3.87. The molecule has 0 bridgehead atoms. The number of nitrogens with one attached hydrogen (secondary N) is 1. The number of benzene rings is 1. The van der Waals surface area contributed by atoms with Gasteiger partial charge in [-0.1, -0.05) is 0 Å². The molecule has 2 rings (SSSR count). The highest BCUT2D eigenvalue weighted by Gasteiger charge is 2.18. The van der Waals surface area contributed by atoms with Gasteiger partial charge in [-0.2, -0.15) is 0 Å². The van der Waals surface area contributed by atoms with Crippen molar-refractivity contribution in [2.24, 2.45) is 0 Å². The number of hydrogen-bond donors (Lipinski definition) is 1. The van der Waals surface area contributed by atoms with Crippen LogP contribution in [0.2, 0.25) is 0 Å². The molecule has 1 N–H and O–H groups in total. The molecule has 8 heteroatoms. The minimum Gasteiger partial charge on any atom is -0.334 e. The van der Waals surface area contributed by atoms with Crippen LogP contribution in [0.4, 0.5) is 8.78 Å². The van der Waals surface area contributed by atoms with Crippen LogP contribution in [0.3, 0.4) is 0 Å². The van der Waals surface area contributed by atoms with Gasteiger partial charge in [0.1, 0.15) is 11.6 Å². The van der Waals surface area contributed by atoms with Crippen molar-refractivity contribution >= 4 is 10.0 Å². The first-order valence-corrected chi connectivity index (χ1v) is 7.75. The minimum absolute atomic E-state index is 0.0677. The molecule has 1 aromatic carbocycles. The fourth-order valence-electron chi connectivity index (χ4n) is 1.66. The first kappa shape index (κ1) is 15.6. The fourth-order valence-corrected chi connectivity index (χ4v) is 2.60. The van der Waals surface area contributed by atoms with Crippen molar-refractivity contribution in [2.45, 2.75) is 31.5 Å². The summed E-state index contributed by atoms with van der Waals surface area (Å²) in [5, 5.41) is -0.159. The van der Waals surface area contributed by atoms with Crippen LogP contribution in [-0.2, 0) is 16.6 Å². The van der Waals surface area contributed by atoms with E-state index in [1.807, 2.05) is 13.8 Å². The summed E-state index contributed by atoms with van der Waals surface area (Å²) in [4.78, 5) is 3.81. The number of nitrogens with zero attached hydrogens (tertiary/aromatic N) is 2. The smallest absolute Gasteiger partial charge is 0.259 e. The predicted molar refractivity (Wildman–Crippen MR) is 73.0 cm³/mol. The second kappa shape index (κ2) is 5.90. The van der Waals surface area contributed by atoms with E-state index in [1.54, 1.807) is 4.57 Å². The molecule has 0 unspecified atom stereocenters. The highest BCUT2D eigenvalue weighted by molar-refractivity contribution is 7.89. The van der Waals surface area contributed by atoms with Crippen LogP contribution in [0.5, 0.6) is 0 Å². The number of rotatable bonds is 5. The molecule has 1 aromatic heterocycles. The SMILES string of the molecule is CC(C)n1cnc(S(=O)(=O)NCc2cc(F)ccc2F)c1. The normalized spacial score (nSPS) is 12.0. The number of sulfonamides is 1. The van der Waals surface area contributed by atoms with Crippen molar-refractivity contribution in [1.82, 2.24) is 14.3 Å². The van der Waals surface area contributed by atoms with E-state index >= 15 is 0 Å². The molecule has 2 aromatic rings. The molecule has 21 heavy (non-hydrogen) atoms. The highest BCUT2D eigenvalue weighted by Crippen LogP contribution is 2.13. The molecule has 1 heterocycles. The zero-order valence-electron chi connectivity index (χ0n) is 11.5. The number of imidazole rings is 1. The first-order valence-electron chi connectivity index (χ1n) is 6.26. The lowest BCUT2D eigenvalue weighted by atomic mass is 10.2. The summed E-state index contributed by atoms with van der Waals surface area (Å²) >= 11 is 0. The van der Waals surface area contributed by atoms with Gasteiger partial charge >= 0.3 is 0 Å². The molecule has 0 radical (unpaired) electrons. The number of hydrogen-bond acceptors (Lipinski definition) is 3. The van der Waals surface area contributed by atoms with Gasteiger partial charge in [0, 0.05) is 24.3 Å².